The summed E-state index contributed by atoms with van der Waals surface area (Å²) in [6, 6.07) is 7.73. The van der Waals surface area contributed by atoms with Crippen LogP contribution in [0.15, 0.2) is 34.9 Å². The molecule has 112 valence electrons. The molecule has 2 rings (SSSR count). The number of hydrogen-bond acceptors (Lipinski definition) is 5. The zero-order valence-corrected chi connectivity index (χ0v) is 13.7. The van der Waals surface area contributed by atoms with Crippen molar-refractivity contribution < 1.29 is 9.47 Å². The molecule has 1 aromatic carbocycles. The quantitative estimate of drug-likeness (QED) is 0.824. The van der Waals surface area contributed by atoms with Gasteiger partial charge in [0, 0.05) is 6.54 Å². The van der Waals surface area contributed by atoms with E-state index in [1.807, 2.05) is 24.3 Å². The number of benzene rings is 1. The van der Waals surface area contributed by atoms with Gasteiger partial charge in [-0.15, -0.1) is 0 Å². The van der Waals surface area contributed by atoms with Gasteiger partial charge in [0.2, 0.25) is 11.8 Å². The lowest BCUT2D eigenvalue weighted by Gasteiger charge is -2.09. The zero-order chi connectivity index (χ0) is 15.1. The molecule has 0 spiro atoms. The van der Waals surface area contributed by atoms with Gasteiger partial charge in [-0.25, -0.2) is 4.98 Å². The van der Waals surface area contributed by atoms with Crippen LogP contribution in [0.1, 0.15) is 18.9 Å². The third kappa shape index (κ3) is 4.60. The van der Waals surface area contributed by atoms with Crippen molar-refractivity contribution in [2.75, 3.05) is 19.0 Å². The molecular formula is C15H18BrN3O2. The van der Waals surface area contributed by atoms with Crippen molar-refractivity contribution in [3.63, 3.8) is 0 Å². The highest BCUT2D eigenvalue weighted by Crippen LogP contribution is 2.23. The maximum Gasteiger partial charge on any atom is 0.233 e. The second-order valence-electron chi connectivity index (χ2n) is 4.41. The van der Waals surface area contributed by atoms with Crippen LogP contribution in [-0.2, 0) is 6.61 Å². The van der Waals surface area contributed by atoms with Crippen LogP contribution in [0.5, 0.6) is 11.6 Å². The third-order valence-electron chi connectivity index (χ3n) is 2.78. The fourth-order valence-corrected chi connectivity index (χ4v) is 1.95. The summed E-state index contributed by atoms with van der Waals surface area (Å²) in [5.74, 6) is 1.93. The molecule has 21 heavy (non-hydrogen) atoms. The summed E-state index contributed by atoms with van der Waals surface area (Å²) in [5.41, 5.74) is 1.05. The lowest BCUT2D eigenvalue weighted by molar-refractivity contribution is 0.291. The summed E-state index contributed by atoms with van der Waals surface area (Å²) in [6.07, 6.45) is 2.70. The largest absolute Gasteiger partial charge is 0.497 e. The first-order chi connectivity index (χ1) is 10.2. The maximum atomic E-state index is 5.74. The molecule has 0 aliphatic heterocycles. The average molecular weight is 352 g/mol. The summed E-state index contributed by atoms with van der Waals surface area (Å²) < 4.78 is 11.6. The molecule has 1 aromatic heterocycles. The Hall–Kier alpha value is -1.82. The topological polar surface area (TPSA) is 56.3 Å². The molecule has 1 N–H and O–H groups in total. The SMILES string of the molecule is CCCNc1ncc(Br)c(OCc2ccc(OC)cc2)n1. The van der Waals surface area contributed by atoms with E-state index in [0.717, 1.165) is 28.8 Å². The van der Waals surface area contributed by atoms with Gasteiger partial charge >= 0.3 is 0 Å². The lowest BCUT2D eigenvalue weighted by atomic mass is 10.2. The van der Waals surface area contributed by atoms with Crippen LogP contribution in [0.4, 0.5) is 5.95 Å². The number of ether oxygens (including phenoxy) is 2. The van der Waals surface area contributed by atoms with Gasteiger partial charge in [-0.2, -0.15) is 4.98 Å². The molecule has 1 heterocycles. The Morgan fingerprint density at radius 2 is 2.00 bits per heavy atom. The number of aromatic nitrogens is 2. The Kier molecular flexibility index (Phi) is 5.80. The van der Waals surface area contributed by atoms with E-state index in [2.05, 4.69) is 38.1 Å². The Bertz CT molecular complexity index is 576. The Balaban J connectivity index is 2.00. The van der Waals surface area contributed by atoms with E-state index in [9.17, 15) is 0 Å². The molecular weight excluding hydrogens is 334 g/mol. The first kappa shape index (κ1) is 15.6. The highest BCUT2D eigenvalue weighted by Gasteiger charge is 2.06. The summed E-state index contributed by atoms with van der Waals surface area (Å²) in [7, 11) is 1.65. The average Bonchev–Trinajstić information content (AvgIpc) is 2.53. The molecule has 0 bridgehead atoms. The first-order valence-electron chi connectivity index (χ1n) is 6.75. The van der Waals surface area contributed by atoms with Crippen molar-refractivity contribution in [1.82, 2.24) is 9.97 Å². The Morgan fingerprint density at radius 3 is 2.67 bits per heavy atom. The highest BCUT2D eigenvalue weighted by molar-refractivity contribution is 9.10. The second kappa shape index (κ2) is 7.83. The molecule has 0 atom stereocenters. The lowest BCUT2D eigenvalue weighted by Crippen LogP contribution is -2.06. The number of nitrogens with zero attached hydrogens (tertiary/aromatic N) is 2. The van der Waals surface area contributed by atoms with Crippen molar-refractivity contribution in [1.29, 1.82) is 0 Å². The predicted molar refractivity (Wildman–Crippen MR) is 85.8 cm³/mol. The van der Waals surface area contributed by atoms with Crippen LogP contribution >= 0.6 is 15.9 Å². The van der Waals surface area contributed by atoms with Crippen molar-refractivity contribution in [3.8, 4) is 11.6 Å². The molecule has 0 radical (unpaired) electrons. The number of halogens is 1. The number of rotatable bonds is 7. The number of nitrogens with one attached hydrogen (secondary N) is 1. The molecule has 0 unspecified atom stereocenters. The molecule has 0 aliphatic carbocycles. The van der Waals surface area contributed by atoms with Crippen molar-refractivity contribution in [2.45, 2.75) is 20.0 Å². The molecule has 2 aromatic rings. The van der Waals surface area contributed by atoms with Crippen LogP contribution in [0.25, 0.3) is 0 Å². The highest BCUT2D eigenvalue weighted by atomic mass is 79.9. The summed E-state index contributed by atoms with van der Waals surface area (Å²) >= 11 is 3.40. The Labute approximate surface area is 132 Å². The van der Waals surface area contributed by atoms with Gasteiger partial charge in [0.25, 0.3) is 0 Å². The van der Waals surface area contributed by atoms with Crippen LogP contribution in [0.2, 0.25) is 0 Å². The zero-order valence-electron chi connectivity index (χ0n) is 12.1. The van der Waals surface area contributed by atoms with E-state index in [4.69, 9.17) is 9.47 Å². The first-order valence-corrected chi connectivity index (χ1v) is 7.54. The fraction of sp³-hybridized carbons (Fsp3) is 0.333. The molecule has 0 amide bonds. The molecule has 0 saturated heterocycles. The summed E-state index contributed by atoms with van der Waals surface area (Å²) in [5, 5.41) is 3.14. The molecule has 0 aliphatic rings. The van der Waals surface area contributed by atoms with E-state index in [1.54, 1.807) is 13.3 Å². The molecule has 6 heteroatoms. The van der Waals surface area contributed by atoms with E-state index in [-0.39, 0.29) is 0 Å². The van der Waals surface area contributed by atoms with E-state index < -0.39 is 0 Å². The van der Waals surface area contributed by atoms with Crippen LogP contribution in [-0.4, -0.2) is 23.6 Å². The number of hydrogen-bond donors (Lipinski definition) is 1. The minimum atomic E-state index is 0.437. The predicted octanol–water partition coefficient (Wildman–Crippen LogP) is 3.65. The smallest absolute Gasteiger partial charge is 0.233 e. The second-order valence-corrected chi connectivity index (χ2v) is 5.26. The normalized spacial score (nSPS) is 10.2. The number of anilines is 1. The van der Waals surface area contributed by atoms with Crippen LogP contribution < -0.4 is 14.8 Å². The molecule has 0 saturated carbocycles. The molecule has 0 fully saturated rings. The van der Waals surface area contributed by atoms with Gasteiger partial charge in [-0.1, -0.05) is 19.1 Å². The van der Waals surface area contributed by atoms with Gasteiger partial charge in [-0.05, 0) is 40.0 Å². The Morgan fingerprint density at radius 1 is 1.24 bits per heavy atom. The van der Waals surface area contributed by atoms with Gasteiger partial charge in [0.15, 0.2) is 0 Å². The van der Waals surface area contributed by atoms with Gasteiger partial charge in [-0.3, -0.25) is 0 Å². The monoisotopic (exact) mass is 351 g/mol. The fourth-order valence-electron chi connectivity index (χ4n) is 1.65. The minimum absolute atomic E-state index is 0.437. The minimum Gasteiger partial charge on any atom is -0.497 e. The standard InChI is InChI=1S/C15H18BrN3O2/c1-3-8-17-15-18-9-13(16)14(19-15)21-10-11-4-6-12(20-2)7-5-11/h4-7,9H,3,8,10H2,1-2H3,(H,17,18,19). The van der Waals surface area contributed by atoms with Crippen LogP contribution in [0.3, 0.4) is 0 Å². The maximum absolute atomic E-state index is 5.74. The van der Waals surface area contributed by atoms with Crippen molar-refractivity contribution in [3.05, 3.63) is 40.5 Å². The van der Waals surface area contributed by atoms with E-state index in [1.165, 1.54) is 0 Å². The van der Waals surface area contributed by atoms with Gasteiger partial charge in [0.05, 0.1) is 17.8 Å². The van der Waals surface area contributed by atoms with Crippen molar-refractivity contribution in [2.24, 2.45) is 0 Å². The summed E-state index contributed by atoms with van der Waals surface area (Å²) in [6.45, 7) is 3.36. The van der Waals surface area contributed by atoms with Crippen LogP contribution in [0, 0.1) is 0 Å². The van der Waals surface area contributed by atoms with Gasteiger partial charge in [0.1, 0.15) is 12.4 Å². The summed E-state index contributed by atoms with van der Waals surface area (Å²) in [4.78, 5) is 8.53. The van der Waals surface area contributed by atoms with E-state index in [0.29, 0.717) is 18.4 Å². The van der Waals surface area contributed by atoms with Crippen molar-refractivity contribution >= 4 is 21.9 Å². The third-order valence-corrected chi connectivity index (χ3v) is 3.32. The molecule has 5 nitrogen and oxygen atoms in total. The number of methoxy groups -OCH3 is 1. The van der Waals surface area contributed by atoms with Gasteiger partial charge < -0.3 is 14.8 Å². The van der Waals surface area contributed by atoms with E-state index >= 15 is 0 Å².